The summed E-state index contributed by atoms with van der Waals surface area (Å²) in [5, 5.41) is 0. The Morgan fingerprint density at radius 2 is 2.00 bits per heavy atom. The lowest BCUT2D eigenvalue weighted by atomic mass is 9.97. The summed E-state index contributed by atoms with van der Waals surface area (Å²) in [6.45, 7) is 4.74. The highest BCUT2D eigenvalue weighted by atomic mass is 15.2. The number of hydrogen-bond acceptors (Lipinski definition) is 1. The molecule has 0 amide bonds. The molecular formula is C15H23N. The van der Waals surface area contributed by atoms with Gasteiger partial charge in [-0.1, -0.05) is 50.1 Å². The molecule has 1 heterocycles. The summed E-state index contributed by atoms with van der Waals surface area (Å²) in [4.78, 5) is 2.68. The number of piperidine rings is 1. The van der Waals surface area contributed by atoms with Crippen LogP contribution in [0.1, 0.15) is 44.6 Å². The highest BCUT2D eigenvalue weighted by Crippen LogP contribution is 2.22. The quantitative estimate of drug-likeness (QED) is 0.740. The molecule has 1 aliphatic rings. The monoisotopic (exact) mass is 217 g/mol. The molecule has 16 heavy (non-hydrogen) atoms. The van der Waals surface area contributed by atoms with E-state index in [0.717, 1.165) is 12.6 Å². The third-order valence-corrected chi connectivity index (χ3v) is 3.60. The minimum atomic E-state index is 0.832. The second-order valence-corrected chi connectivity index (χ2v) is 4.89. The summed E-state index contributed by atoms with van der Waals surface area (Å²) in [6.07, 6.45) is 6.90. The SMILES string of the molecule is CCC[C@H]1CCCCN1Cc1ccccc1. The Kier molecular flexibility index (Phi) is 4.41. The smallest absolute Gasteiger partial charge is 0.0236 e. The van der Waals surface area contributed by atoms with Crippen LogP contribution in [0.5, 0.6) is 0 Å². The van der Waals surface area contributed by atoms with E-state index in [1.165, 1.54) is 44.2 Å². The summed E-state index contributed by atoms with van der Waals surface area (Å²) in [7, 11) is 0. The Morgan fingerprint density at radius 1 is 1.19 bits per heavy atom. The molecule has 0 unspecified atom stereocenters. The van der Waals surface area contributed by atoms with Gasteiger partial charge in [-0.3, -0.25) is 4.90 Å². The lowest BCUT2D eigenvalue weighted by Gasteiger charge is -2.35. The average molecular weight is 217 g/mol. The Hall–Kier alpha value is -0.820. The minimum Gasteiger partial charge on any atom is -0.296 e. The van der Waals surface area contributed by atoms with E-state index in [2.05, 4.69) is 42.2 Å². The molecule has 1 aromatic carbocycles. The van der Waals surface area contributed by atoms with Gasteiger partial charge in [0.1, 0.15) is 0 Å². The summed E-state index contributed by atoms with van der Waals surface area (Å²) in [6, 6.07) is 11.7. The minimum absolute atomic E-state index is 0.832. The van der Waals surface area contributed by atoms with Gasteiger partial charge in [-0.2, -0.15) is 0 Å². The molecule has 1 aromatic rings. The van der Waals surface area contributed by atoms with Gasteiger partial charge in [0.2, 0.25) is 0 Å². The van der Waals surface area contributed by atoms with Crippen molar-refractivity contribution >= 4 is 0 Å². The third kappa shape index (κ3) is 3.08. The molecule has 0 aromatic heterocycles. The van der Waals surface area contributed by atoms with E-state index >= 15 is 0 Å². The van der Waals surface area contributed by atoms with Gasteiger partial charge < -0.3 is 0 Å². The normalized spacial score (nSPS) is 22.2. The first-order chi connectivity index (χ1) is 7.90. The molecule has 0 saturated carbocycles. The number of hydrogen-bond donors (Lipinski definition) is 0. The topological polar surface area (TPSA) is 3.24 Å². The standard InChI is InChI=1S/C15H23N/c1-2-8-15-11-6-7-12-16(15)13-14-9-4-3-5-10-14/h3-5,9-10,15H,2,6-8,11-13H2,1H3/t15-/m0/s1. The van der Waals surface area contributed by atoms with Gasteiger partial charge in [0, 0.05) is 12.6 Å². The maximum atomic E-state index is 2.68. The Balaban J connectivity index is 1.96. The number of likely N-dealkylation sites (tertiary alicyclic amines) is 1. The molecule has 0 spiro atoms. The van der Waals surface area contributed by atoms with E-state index in [-0.39, 0.29) is 0 Å². The van der Waals surface area contributed by atoms with Crippen LogP contribution in [0.4, 0.5) is 0 Å². The molecule has 1 saturated heterocycles. The summed E-state index contributed by atoms with van der Waals surface area (Å²) < 4.78 is 0. The lowest BCUT2D eigenvalue weighted by Crippen LogP contribution is -2.38. The van der Waals surface area contributed by atoms with Crippen molar-refractivity contribution in [2.24, 2.45) is 0 Å². The summed E-state index contributed by atoms with van der Waals surface area (Å²) in [5.41, 5.74) is 1.46. The predicted octanol–water partition coefficient (Wildman–Crippen LogP) is 3.84. The van der Waals surface area contributed by atoms with Crippen LogP contribution < -0.4 is 0 Å². The van der Waals surface area contributed by atoms with Crippen LogP contribution in [0.25, 0.3) is 0 Å². The molecule has 88 valence electrons. The van der Waals surface area contributed by atoms with Gasteiger partial charge in [0.05, 0.1) is 0 Å². The van der Waals surface area contributed by atoms with Gasteiger partial charge >= 0.3 is 0 Å². The van der Waals surface area contributed by atoms with E-state index in [1.807, 2.05) is 0 Å². The highest BCUT2D eigenvalue weighted by molar-refractivity contribution is 5.14. The summed E-state index contributed by atoms with van der Waals surface area (Å²) in [5.74, 6) is 0. The first-order valence-corrected chi connectivity index (χ1v) is 6.68. The zero-order chi connectivity index (χ0) is 11.2. The Bertz CT molecular complexity index is 292. The van der Waals surface area contributed by atoms with Crippen molar-refractivity contribution in [3.8, 4) is 0 Å². The number of benzene rings is 1. The van der Waals surface area contributed by atoms with Gasteiger partial charge in [0.15, 0.2) is 0 Å². The molecule has 0 bridgehead atoms. The first-order valence-electron chi connectivity index (χ1n) is 6.68. The molecular weight excluding hydrogens is 194 g/mol. The van der Waals surface area contributed by atoms with E-state index in [1.54, 1.807) is 0 Å². The fourth-order valence-electron chi connectivity index (χ4n) is 2.75. The highest BCUT2D eigenvalue weighted by Gasteiger charge is 2.21. The van der Waals surface area contributed by atoms with Crippen LogP contribution in [0.15, 0.2) is 30.3 Å². The molecule has 1 aliphatic heterocycles. The lowest BCUT2D eigenvalue weighted by molar-refractivity contribution is 0.131. The van der Waals surface area contributed by atoms with E-state index < -0.39 is 0 Å². The van der Waals surface area contributed by atoms with Crippen LogP contribution in [-0.2, 0) is 6.54 Å². The molecule has 1 heteroatoms. The number of rotatable bonds is 4. The molecule has 0 aliphatic carbocycles. The van der Waals surface area contributed by atoms with Crippen molar-refractivity contribution in [2.75, 3.05) is 6.54 Å². The van der Waals surface area contributed by atoms with Crippen molar-refractivity contribution in [2.45, 2.75) is 51.6 Å². The molecule has 1 fully saturated rings. The average Bonchev–Trinajstić information content (AvgIpc) is 2.33. The van der Waals surface area contributed by atoms with Crippen molar-refractivity contribution in [1.82, 2.24) is 4.90 Å². The van der Waals surface area contributed by atoms with Crippen molar-refractivity contribution < 1.29 is 0 Å². The van der Waals surface area contributed by atoms with Gasteiger partial charge in [0.25, 0.3) is 0 Å². The molecule has 2 rings (SSSR count). The largest absolute Gasteiger partial charge is 0.296 e. The molecule has 0 radical (unpaired) electrons. The molecule has 1 atom stereocenters. The second kappa shape index (κ2) is 6.05. The van der Waals surface area contributed by atoms with Crippen LogP contribution in [0, 0.1) is 0 Å². The van der Waals surface area contributed by atoms with Gasteiger partial charge in [-0.05, 0) is 31.4 Å². The predicted molar refractivity (Wildman–Crippen MR) is 69.4 cm³/mol. The first kappa shape index (κ1) is 11.7. The van der Waals surface area contributed by atoms with Gasteiger partial charge in [-0.15, -0.1) is 0 Å². The second-order valence-electron chi connectivity index (χ2n) is 4.89. The Labute approximate surface area is 99.5 Å². The van der Waals surface area contributed by atoms with E-state index in [4.69, 9.17) is 0 Å². The maximum Gasteiger partial charge on any atom is 0.0236 e. The van der Waals surface area contributed by atoms with Crippen LogP contribution >= 0.6 is 0 Å². The maximum absolute atomic E-state index is 2.68. The summed E-state index contributed by atoms with van der Waals surface area (Å²) >= 11 is 0. The zero-order valence-electron chi connectivity index (χ0n) is 10.4. The van der Waals surface area contributed by atoms with E-state index in [0.29, 0.717) is 0 Å². The third-order valence-electron chi connectivity index (χ3n) is 3.60. The van der Waals surface area contributed by atoms with Crippen molar-refractivity contribution in [3.63, 3.8) is 0 Å². The zero-order valence-corrected chi connectivity index (χ0v) is 10.4. The molecule has 1 nitrogen and oxygen atoms in total. The van der Waals surface area contributed by atoms with Crippen LogP contribution in [0.3, 0.4) is 0 Å². The fourth-order valence-corrected chi connectivity index (χ4v) is 2.75. The van der Waals surface area contributed by atoms with Gasteiger partial charge in [-0.25, -0.2) is 0 Å². The van der Waals surface area contributed by atoms with Crippen LogP contribution in [-0.4, -0.2) is 17.5 Å². The Morgan fingerprint density at radius 3 is 2.75 bits per heavy atom. The van der Waals surface area contributed by atoms with Crippen LogP contribution in [0.2, 0.25) is 0 Å². The number of nitrogens with zero attached hydrogens (tertiary/aromatic N) is 1. The fraction of sp³-hybridized carbons (Fsp3) is 0.600. The van der Waals surface area contributed by atoms with Crippen molar-refractivity contribution in [1.29, 1.82) is 0 Å². The molecule has 0 N–H and O–H groups in total. The van der Waals surface area contributed by atoms with E-state index in [9.17, 15) is 0 Å². The van der Waals surface area contributed by atoms with Crippen molar-refractivity contribution in [3.05, 3.63) is 35.9 Å².